The van der Waals surface area contributed by atoms with Crippen molar-refractivity contribution in [2.75, 3.05) is 5.32 Å². The lowest BCUT2D eigenvalue weighted by Crippen LogP contribution is -2.27. The Morgan fingerprint density at radius 3 is 2.00 bits per heavy atom. The molecule has 0 unspecified atom stereocenters. The Hall–Kier alpha value is -4.23. The maximum absolute atomic E-state index is 13.7. The SMILES string of the molecule is CC(C)(C)OC(=O)Nc1nc(/C(=C/Cc2ccccc2)C(=O)OC(c2ccccc2)c2ccccc2)cs1. The molecule has 1 N–H and O–H groups in total. The van der Waals surface area contributed by atoms with Gasteiger partial charge in [0.2, 0.25) is 0 Å². The molecule has 0 aliphatic rings. The van der Waals surface area contributed by atoms with E-state index in [-0.39, 0.29) is 0 Å². The molecule has 1 amide bonds. The van der Waals surface area contributed by atoms with Crippen LogP contribution in [0.15, 0.2) is 102 Å². The lowest BCUT2D eigenvalue weighted by Gasteiger charge is -2.20. The molecule has 0 aliphatic heterocycles. The quantitative estimate of drug-likeness (QED) is 0.191. The van der Waals surface area contributed by atoms with Gasteiger partial charge in [-0.25, -0.2) is 14.6 Å². The second kappa shape index (κ2) is 12.3. The second-order valence-corrected chi connectivity index (χ2v) is 10.4. The number of amides is 1. The third kappa shape index (κ3) is 7.63. The lowest BCUT2D eigenvalue weighted by molar-refractivity contribution is -0.140. The zero-order valence-electron chi connectivity index (χ0n) is 21.6. The van der Waals surface area contributed by atoms with Gasteiger partial charge in [0, 0.05) is 5.38 Å². The standard InChI is InChI=1S/C31H30N2O4S/c1-31(2,3)37-30(35)33-29-32-26(21-38-29)25(20-19-22-13-7-4-8-14-22)28(34)36-27(23-15-9-5-10-16-23)24-17-11-6-12-18-24/h4-18,20-21,27H,19H2,1-3H3,(H,32,33,35)/b25-20-. The van der Waals surface area contributed by atoms with Crippen LogP contribution < -0.4 is 5.32 Å². The first-order valence-electron chi connectivity index (χ1n) is 12.3. The highest BCUT2D eigenvalue weighted by Crippen LogP contribution is 2.30. The average Bonchev–Trinajstić information content (AvgIpc) is 3.35. The monoisotopic (exact) mass is 526 g/mol. The molecule has 0 radical (unpaired) electrons. The number of hydrogen-bond donors (Lipinski definition) is 1. The summed E-state index contributed by atoms with van der Waals surface area (Å²) in [5.41, 5.74) is 2.86. The molecule has 0 saturated carbocycles. The Labute approximate surface area is 227 Å². The van der Waals surface area contributed by atoms with E-state index in [1.165, 1.54) is 11.3 Å². The lowest BCUT2D eigenvalue weighted by atomic mass is 10.0. The molecule has 0 atom stereocenters. The highest BCUT2D eigenvalue weighted by Gasteiger charge is 2.24. The van der Waals surface area contributed by atoms with Crippen molar-refractivity contribution >= 4 is 34.1 Å². The summed E-state index contributed by atoms with van der Waals surface area (Å²) in [5.74, 6) is -0.507. The van der Waals surface area contributed by atoms with Crippen LogP contribution in [0.2, 0.25) is 0 Å². The number of carbonyl (C=O) groups is 2. The van der Waals surface area contributed by atoms with Crippen LogP contribution in [0, 0.1) is 0 Å². The molecule has 38 heavy (non-hydrogen) atoms. The van der Waals surface area contributed by atoms with Gasteiger partial charge in [-0.05, 0) is 43.9 Å². The van der Waals surface area contributed by atoms with Crippen molar-refractivity contribution < 1.29 is 19.1 Å². The number of aromatic nitrogens is 1. The van der Waals surface area contributed by atoms with E-state index < -0.39 is 23.8 Å². The van der Waals surface area contributed by atoms with Gasteiger partial charge in [0.05, 0.1) is 11.3 Å². The number of allylic oxidation sites excluding steroid dienone is 1. The van der Waals surface area contributed by atoms with Gasteiger partial charge in [-0.1, -0.05) is 97.1 Å². The molecule has 0 bridgehead atoms. The molecule has 0 fully saturated rings. The van der Waals surface area contributed by atoms with Gasteiger partial charge in [0.1, 0.15) is 5.60 Å². The molecule has 4 aromatic rings. The topological polar surface area (TPSA) is 77.5 Å². The number of ether oxygens (including phenoxy) is 2. The first-order chi connectivity index (χ1) is 18.3. The minimum Gasteiger partial charge on any atom is -0.449 e. The van der Waals surface area contributed by atoms with Gasteiger partial charge in [0.15, 0.2) is 11.2 Å². The van der Waals surface area contributed by atoms with Gasteiger partial charge in [-0.15, -0.1) is 11.3 Å². The molecule has 6 nitrogen and oxygen atoms in total. The van der Waals surface area contributed by atoms with Crippen LogP contribution in [-0.2, 0) is 20.7 Å². The number of hydrogen-bond acceptors (Lipinski definition) is 6. The summed E-state index contributed by atoms with van der Waals surface area (Å²) in [7, 11) is 0. The zero-order chi connectivity index (χ0) is 27.0. The molecule has 0 saturated heterocycles. The highest BCUT2D eigenvalue weighted by atomic mass is 32.1. The number of nitrogens with zero attached hydrogens (tertiary/aromatic N) is 1. The number of benzene rings is 3. The normalized spacial score (nSPS) is 11.7. The Kier molecular flexibility index (Phi) is 8.71. The fraction of sp³-hybridized carbons (Fsp3) is 0.194. The zero-order valence-corrected chi connectivity index (χ0v) is 22.4. The van der Waals surface area contributed by atoms with Crippen molar-refractivity contribution in [1.29, 1.82) is 0 Å². The number of thiazole rings is 1. The Morgan fingerprint density at radius 2 is 1.45 bits per heavy atom. The Morgan fingerprint density at radius 1 is 0.895 bits per heavy atom. The molecular formula is C31H30N2O4S. The highest BCUT2D eigenvalue weighted by molar-refractivity contribution is 7.14. The number of nitrogens with one attached hydrogen (secondary N) is 1. The van der Waals surface area contributed by atoms with E-state index >= 15 is 0 Å². The maximum Gasteiger partial charge on any atom is 0.413 e. The summed E-state index contributed by atoms with van der Waals surface area (Å²) in [6, 6.07) is 29.1. The van der Waals surface area contributed by atoms with Gasteiger partial charge in [-0.2, -0.15) is 0 Å². The van der Waals surface area contributed by atoms with Crippen LogP contribution in [0.3, 0.4) is 0 Å². The summed E-state index contributed by atoms with van der Waals surface area (Å²) in [6.45, 7) is 5.36. The van der Waals surface area contributed by atoms with E-state index in [0.29, 0.717) is 22.8 Å². The molecule has 1 heterocycles. The molecule has 4 rings (SSSR count). The summed E-state index contributed by atoms with van der Waals surface area (Å²) in [5, 5.41) is 4.70. The fourth-order valence-electron chi connectivity index (χ4n) is 3.73. The van der Waals surface area contributed by atoms with Crippen molar-refractivity contribution in [1.82, 2.24) is 4.98 Å². The number of anilines is 1. The largest absolute Gasteiger partial charge is 0.449 e. The average molecular weight is 527 g/mol. The molecule has 0 aliphatic carbocycles. The molecule has 1 aromatic heterocycles. The van der Waals surface area contributed by atoms with E-state index in [1.807, 2.05) is 97.1 Å². The van der Waals surface area contributed by atoms with Crippen molar-refractivity contribution in [2.24, 2.45) is 0 Å². The van der Waals surface area contributed by atoms with E-state index in [4.69, 9.17) is 9.47 Å². The van der Waals surface area contributed by atoms with Crippen LogP contribution in [0.25, 0.3) is 5.57 Å². The first kappa shape index (κ1) is 26.8. The maximum atomic E-state index is 13.7. The summed E-state index contributed by atoms with van der Waals surface area (Å²) in [4.78, 5) is 30.4. The summed E-state index contributed by atoms with van der Waals surface area (Å²) < 4.78 is 11.5. The minimum atomic E-state index is -0.640. The molecule has 7 heteroatoms. The Balaban J connectivity index is 1.63. The smallest absolute Gasteiger partial charge is 0.413 e. The van der Waals surface area contributed by atoms with Crippen LogP contribution in [0.1, 0.15) is 49.3 Å². The third-order valence-electron chi connectivity index (χ3n) is 5.42. The third-order valence-corrected chi connectivity index (χ3v) is 6.18. The number of rotatable bonds is 8. The van der Waals surface area contributed by atoms with Crippen LogP contribution in [-0.4, -0.2) is 22.6 Å². The minimum absolute atomic E-state index is 0.319. The van der Waals surface area contributed by atoms with E-state index in [2.05, 4.69) is 10.3 Å². The van der Waals surface area contributed by atoms with Gasteiger partial charge >= 0.3 is 12.1 Å². The number of esters is 1. The van der Waals surface area contributed by atoms with Crippen molar-refractivity contribution in [3.63, 3.8) is 0 Å². The Bertz CT molecular complexity index is 1340. The van der Waals surface area contributed by atoms with Gasteiger partial charge < -0.3 is 9.47 Å². The number of carbonyl (C=O) groups excluding carboxylic acids is 2. The van der Waals surface area contributed by atoms with Crippen molar-refractivity contribution in [3.8, 4) is 0 Å². The fourth-order valence-corrected chi connectivity index (χ4v) is 4.42. The predicted octanol–water partition coefficient (Wildman–Crippen LogP) is 7.45. The van der Waals surface area contributed by atoms with E-state index in [1.54, 1.807) is 26.2 Å². The van der Waals surface area contributed by atoms with Crippen LogP contribution in [0.4, 0.5) is 9.93 Å². The molecule has 194 valence electrons. The van der Waals surface area contributed by atoms with E-state index in [0.717, 1.165) is 16.7 Å². The van der Waals surface area contributed by atoms with Gasteiger partial charge in [-0.3, -0.25) is 5.32 Å². The molecule has 0 spiro atoms. The predicted molar refractivity (Wildman–Crippen MR) is 151 cm³/mol. The van der Waals surface area contributed by atoms with E-state index in [9.17, 15) is 9.59 Å². The van der Waals surface area contributed by atoms with Crippen LogP contribution in [0.5, 0.6) is 0 Å². The van der Waals surface area contributed by atoms with Crippen LogP contribution >= 0.6 is 11.3 Å². The molecule has 3 aromatic carbocycles. The van der Waals surface area contributed by atoms with Crippen molar-refractivity contribution in [3.05, 3.63) is 125 Å². The molecular weight excluding hydrogens is 496 g/mol. The van der Waals surface area contributed by atoms with Crippen molar-refractivity contribution in [2.45, 2.75) is 38.9 Å². The van der Waals surface area contributed by atoms with Gasteiger partial charge in [0.25, 0.3) is 0 Å². The first-order valence-corrected chi connectivity index (χ1v) is 13.2. The summed E-state index contributed by atoms with van der Waals surface area (Å²) >= 11 is 1.21. The summed E-state index contributed by atoms with van der Waals surface area (Å²) in [6.07, 6.45) is 1.13. The second-order valence-electron chi connectivity index (χ2n) is 9.58.